The van der Waals surface area contributed by atoms with E-state index in [-0.39, 0.29) is 5.91 Å². The van der Waals surface area contributed by atoms with Crippen molar-refractivity contribution in [1.29, 1.82) is 5.26 Å². The first-order valence-corrected chi connectivity index (χ1v) is 8.79. The molecule has 1 aromatic carbocycles. The maximum Gasteiger partial charge on any atom is 0.235 e. The van der Waals surface area contributed by atoms with Crippen LogP contribution in [0.4, 0.5) is 5.00 Å². The molecule has 1 N–H and O–H groups in total. The lowest BCUT2D eigenvalue weighted by Crippen LogP contribution is -2.13. The SMILES string of the molecule is Cc1sc(NC(=O)CSc2ccc(Br)cc2)c(C#N)c1C. The van der Waals surface area contributed by atoms with E-state index in [1.165, 1.54) is 23.1 Å². The van der Waals surface area contributed by atoms with E-state index in [1.807, 2.05) is 38.1 Å². The smallest absolute Gasteiger partial charge is 0.235 e. The largest absolute Gasteiger partial charge is 0.316 e. The van der Waals surface area contributed by atoms with Crippen molar-refractivity contribution in [2.24, 2.45) is 0 Å². The van der Waals surface area contributed by atoms with E-state index in [9.17, 15) is 4.79 Å². The number of amides is 1. The van der Waals surface area contributed by atoms with Crippen molar-refractivity contribution in [2.45, 2.75) is 18.7 Å². The van der Waals surface area contributed by atoms with E-state index >= 15 is 0 Å². The molecule has 0 unspecified atom stereocenters. The van der Waals surface area contributed by atoms with Crippen LogP contribution in [0.1, 0.15) is 16.0 Å². The molecule has 0 aliphatic rings. The number of hydrogen-bond acceptors (Lipinski definition) is 4. The molecule has 0 aliphatic carbocycles. The number of nitrogens with one attached hydrogen (secondary N) is 1. The molecule has 0 saturated heterocycles. The summed E-state index contributed by atoms with van der Waals surface area (Å²) in [5.74, 6) is 0.225. The second kappa shape index (κ2) is 7.12. The summed E-state index contributed by atoms with van der Waals surface area (Å²) in [5.41, 5.74) is 1.51. The fraction of sp³-hybridized carbons (Fsp3) is 0.200. The molecule has 0 radical (unpaired) electrons. The molecule has 0 fully saturated rings. The number of benzene rings is 1. The van der Waals surface area contributed by atoms with E-state index in [0.717, 1.165) is 19.8 Å². The molecule has 2 rings (SSSR count). The van der Waals surface area contributed by atoms with Gasteiger partial charge in [-0.3, -0.25) is 4.79 Å². The number of aryl methyl sites for hydroxylation is 1. The second-order valence-corrected chi connectivity index (χ2v) is 7.58. The first kappa shape index (κ1) is 16.1. The van der Waals surface area contributed by atoms with Crippen LogP contribution in [0, 0.1) is 25.2 Å². The Bertz CT molecular complexity index is 702. The molecule has 6 heteroatoms. The summed E-state index contributed by atoms with van der Waals surface area (Å²) in [6.45, 7) is 3.85. The van der Waals surface area contributed by atoms with Crippen molar-refractivity contribution >= 4 is 49.9 Å². The number of thioether (sulfide) groups is 1. The lowest BCUT2D eigenvalue weighted by Gasteiger charge is -2.04. The van der Waals surface area contributed by atoms with Crippen LogP contribution in [0.3, 0.4) is 0 Å². The fourth-order valence-corrected chi connectivity index (χ4v) is 3.68. The summed E-state index contributed by atoms with van der Waals surface area (Å²) in [6.07, 6.45) is 0. The van der Waals surface area contributed by atoms with Crippen molar-refractivity contribution in [3.63, 3.8) is 0 Å². The Hall–Kier alpha value is -1.29. The predicted molar refractivity (Wildman–Crippen MR) is 92.0 cm³/mol. The molecule has 0 saturated carbocycles. The fourth-order valence-electron chi connectivity index (χ4n) is 1.69. The van der Waals surface area contributed by atoms with Crippen molar-refractivity contribution in [1.82, 2.24) is 0 Å². The molecular formula is C15H13BrN2OS2. The molecule has 1 amide bonds. The molecule has 2 aromatic rings. The third-order valence-electron chi connectivity index (χ3n) is 2.93. The molecular weight excluding hydrogens is 368 g/mol. The van der Waals surface area contributed by atoms with Crippen molar-refractivity contribution in [3.8, 4) is 6.07 Å². The van der Waals surface area contributed by atoms with Crippen molar-refractivity contribution in [3.05, 3.63) is 44.7 Å². The Balaban J connectivity index is 1.98. The Morgan fingerprint density at radius 1 is 1.38 bits per heavy atom. The van der Waals surface area contributed by atoms with Crippen LogP contribution in [0.25, 0.3) is 0 Å². The summed E-state index contributed by atoms with van der Waals surface area (Å²) in [4.78, 5) is 14.1. The highest BCUT2D eigenvalue weighted by Gasteiger charge is 2.14. The number of nitrogens with zero attached hydrogens (tertiary/aromatic N) is 1. The van der Waals surface area contributed by atoms with Gasteiger partial charge in [0.1, 0.15) is 11.1 Å². The Labute approximate surface area is 140 Å². The zero-order valence-electron chi connectivity index (χ0n) is 11.6. The van der Waals surface area contributed by atoms with E-state index in [4.69, 9.17) is 5.26 Å². The van der Waals surface area contributed by atoms with Gasteiger partial charge in [-0.2, -0.15) is 5.26 Å². The minimum Gasteiger partial charge on any atom is -0.316 e. The maximum atomic E-state index is 12.0. The van der Waals surface area contributed by atoms with E-state index in [0.29, 0.717) is 16.3 Å². The molecule has 1 heterocycles. The third-order valence-corrected chi connectivity index (χ3v) is 5.60. The van der Waals surface area contributed by atoms with Crippen LogP contribution in [0.5, 0.6) is 0 Å². The van der Waals surface area contributed by atoms with Gasteiger partial charge in [0.15, 0.2) is 0 Å². The number of anilines is 1. The first-order valence-electron chi connectivity index (χ1n) is 6.19. The van der Waals surface area contributed by atoms with Crippen LogP contribution in [-0.4, -0.2) is 11.7 Å². The predicted octanol–water partition coefficient (Wildman–Crippen LogP) is 4.73. The molecule has 0 aliphatic heterocycles. The van der Waals surface area contributed by atoms with Gasteiger partial charge in [-0.1, -0.05) is 15.9 Å². The van der Waals surface area contributed by atoms with Gasteiger partial charge in [0.05, 0.1) is 11.3 Å². The highest BCUT2D eigenvalue weighted by molar-refractivity contribution is 9.10. The van der Waals surface area contributed by atoms with Crippen LogP contribution in [-0.2, 0) is 4.79 Å². The van der Waals surface area contributed by atoms with Gasteiger partial charge < -0.3 is 5.32 Å². The van der Waals surface area contributed by atoms with Gasteiger partial charge >= 0.3 is 0 Å². The number of nitriles is 1. The molecule has 0 atom stereocenters. The average Bonchev–Trinajstić information content (AvgIpc) is 2.72. The summed E-state index contributed by atoms with van der Waals surface area (Å²) in [7, 11) is 0. The van der Waals surface area contributed by atoms with Crippen molar-refractivity contribution < 1.29 is 4.79 Å². The molecule has 21 heavy (non-hydrogen) atoms. The highest BCUT2D eigenvalue weighted by atomic mass is 79.9. The first-order chi connectivity index (χ1) is 10.0. The summed E-state index contributed by atoms with van der Waals surface area (Å²) in [6, 6.07) is 9.96. The molecule has 0 spiro atoms. The van der Waals surface area contributed by atoms with Crippen LogP contribution in [0.2, 0.25) is 0 Å². The second-order valence-electron chi connectivity index (χ2n) is 4.39. The number of rotatable bonds is 4. The summed E-state index contributed by atoms with van der Waals surface area (Å²) < 4.78 is 1.01. The van der Waals surface area contributed by atoms with Gasteiger partial charge in [0, 0.05) is 14.2 Å². The lowest BCUT2D eigenvalue weighted by atomic mass is 10.2. The zero-order chi connectivity index (χ0) is 15.4. The minimum atomic E-state index is -0.0966. The van der Waals surface area contributed by atoms with E-state index in [2.05, 4.69) is 27.3 Å². The number of halogens is 1. The van der Waals surface area contributed by atoms with Crippen LogP contribution in [0.15, 0.2) is 33.6 Å². The van der Waals surface area contributed by atoms with Crippen molar-refractivity contribution in [2.75, 3.05) is 11.1 Å². The van der Waals surface area contributed by atoms with Gasteiger partial charge in [0.2, 0.25) is 5.91 Å². The quantitative estimate of drug-likeness (QED) is 0.779. The standard InChI is InChI=1S/C15H13BrN2OS2/c1-9-10(2)21-15(13(9)7-17)18-14(19)8-20-12-5-3-11(16)4-6-12/h3-6H,8H2,1-2H3,(H,18,19). The third kappa shape index (κ3) is 4.10. The number of carbonyl (C=O) groups is 1. The van der Waals surface area contributed by atoms with E-state index in [1.54, 1.807) is 0 Å². The monoisotopic (exact) mass is 380 g/mol. The molecule has 3 nitrogen and oxygen atoms in total. The van der Waals surface area contributed by atoms with Gasteiger partial charge in [-0.15, -0.1) is 23.1 Å². The average molecular weight is 381 g/mol. The Morgan fingerprint density at radius 3 is 2.67 bits per heavy atom. The zero-order valence-corrected chi connectivity index (χ0v) is 14.8. The number of carbonyl (C=O) groups excluding carboxylic acids is 1. The Kier molecular flexibility index (Phi) is 5.45. The van der Waals surface area contributed by atoms with E-state index < -0.39 is 0 Å². The van der Waals surface area contributed by atoms with Gasteiger partial charge in [-0.05, 0) is 43.7 Å². The number of hydrogen-bond donors (Lipinski definition) is 1. The topological polar surface area (TPSA) is 52.9 Å². The normalized spacial score (nSPS) is 10.2. The molecule has 1 aromatic heterocycles. The van der Waals surface area contributed by atoms with Gasteiger partial charge in [0.25, 0.3) is 0 Å². The highest BCUT2D eigenvalue weighted by Crippen LogP contribution is 2.32. The minimum absolute atomic E-state index is 0.0966. The Morgan fingerprint density at radius 2 is 2.05 bits per heavy atom. The maximum absolute atomic E-state index is 12.0. The van der Waals surface area contributed by atoms with Crippen LogP contribution >= 0.6 is 39.0 Å². The van der Waals surface area contributed by atoms with Gasteiger partial charge in [-0.25, -0.2) is 0 Å². The molecule has 0 bridgehead atoms. The number of thiophene rings is 1. The summed E-state index contributed by atoms with van der Waals surface area (Å²) in [5, 5.41) is 12.6. The summed E-state index contributed by atoms with van der Waals surface area (Å²) >= 11 is 6.29. The lowest BCUT2D eigenvalue weighted by molar-refractivity contribution is -0.113. The van der Waals surface area contributed by atoms with Crippen LogP contribution < -0.4 is 5.32 Å². The molecule has 108 valence electrons.